The predicted octanol–water partition coefficient (Wildman–Crippen LogP) is -0.0473. The molecule has 0 fully saturated rings. The normalized spacial score (nSPS) is 11.3. The number of aliphatic carboxylic acids is 2. The maximum atomic E-state index is 12.3. The molecule has 13 nitrogen and oxygen atoms in total. The topological polar surface area (TPSA) is 213 Å². The summed E-state index contributed by atoms with van der Waals surface area (Å²) in [6.07, 6.45) is 0.840. The Kier molecular flexibility index (Phi) is 8.44. The number of hydrogen-bond donors (Lipinski definition) is 6. The Labute approximate surface area is 196 Å². The monoisotopic (exact) mass is 493 g/mol. The van der Waals surface area contributed by atoms with Gasteiger partial charge < -0.3 is 26.6 Å². The number of rotatable bonds is 9. The van der Waals surface area contributed by atoms with Gasteiger partial charge in [-0.2, -0.15) is 4.98 Å². The first-order valence-corrected chi connectivity index (χ1v) is 9.33. The van der Waals surface area contributed by atoms with E-state index in [0.717, 1.165) is 0 Å². The number of nitrogens with zero attached hydrogens (tertiary/aromatic N) is 3. The molecule has 2 heterocycles. The van der Waals surface area contributed by atoms with Gasteiger partial charge in [0.15, 0.2) is 11.2 Å². The number of H-pyrrole nitrogens is 1. The second-order valence-electron chi connectivity index (χ2n) is 6.71. The van der Waals surface area contributed by atoms with Crippen molar-refractivity contribution < 1.29 is 42.0 Å². The van der Waals surface area contributed by atoms with E-state index < -0.39 is 29.4 Å². The first kappa shape index (κ1) is 25.2. The maximum absolute atomic E-state index is 12.3. The summed E-state index contributed by atoms with van der Waals surface area (Å²) < 4.78 is 0. The molecule has 33 heavy (non-hydrogen) atoms. The molecule has 1 atom stereocenters. The van der Waals surface area contributed by atoms with Gasteiger partial charge in [0, 0.05) is 35.0 Å². The third-order valence-corrected chi connectivity index (χ3v) is 4.36. The molecular weight excluding hydrogens is 474 g/mol. The Hall–Kier alpha value is -4.02. The molecule has 1 unspecified atom stereocenters. The van der Waals surface area contributed by atoms with Crippen LogP contribution in [0.15, 0.2) is 35.3 Å². The average molecular weight is 493 g/mol. The molecule has 0 saturated heterocycles. The fourth-order valence-corrected chi connectivity index (χ4v) is 2.75. The second-order valence-corrected chi connectivity index (χ2v) is 6.71. The van der Waals surface area contributed by atoms with Crippen molar-refractivity contribution >= 4 is 40.6 Å². The smallest absolute Gasteiger partial charge is 0.326 e. The van der Waals surface area contributed by atoms with Gasteiger partial charge in [-0.15, -0.1) is 0 Å². The zero-order valence-corrected chi connectivity index (χ0v) is 18.2. The van der Waals surface area contributed by atoms with Crippen LogP contribution in [0.25, 0.3) is 11.2 Å². The third-order valence-electron chi connectivity index (χ3n) is 4.36. The van der Waals surface area contributed by atoms with E-state index in [1.807, 2.05) is 0 Å². The quantitative estimate of drug-likeness (QED) is 0.232. The van der Waals surface area contributed by atoms with Gasteiger partial charge in [-0.25, -0.2) is 14.8 Å². The van der Waals surface area contributed by atoms with E-state index in [0.29, 0.717) is 11.4 Å². The molecule has 3 aromatic rings. The van der Waals surface area contributed by atoms with Gasteiger partial charge in [0.2, 0.25) is 5.95 Å². The Morgan fingerprint density at radius 3 is 2.45 bits per heavy atom. The van der Waals surface area contributed by atoms with Gasteiger partial charge in [0.05, 0.1) is 18.4 Å². The van der Waals surface area contributed by atoms with Gasteiger partial charge in [0.1, 0.15) is 6.04 Å². The number of carboxylic acids is 2. The molecule has 0 aliphatic rings. The molecular formula is C19H19CrN7O6. The van der Waals surface area contributed by atoms with E-state index in [9.17, 15) is 19.2 Å². The van der Waals surface area contributed by atoms with Crippen LogP contribution >= 0.6 is 0 Å². The summed E-state index contributed by atoms with van der Waals surface area (Å²) in [5.74, 6) is -3.16. The summed E-state index contributed by atoms with van der Waals surface area (Å²) in [6, 6.07) is 4.86. The maximum Gasteiger partial charge on any atom is 0.326 e. The number of fused-ring (bicyclic) bond motifs is 1. The predicted molar refractivity (Wildman–Crippen MR) is 112 cm³/mol. The van der Waals surface area contributed by atoms with Gasteiger partial charge in [-0.3, -0.25) is 19.4 Å². The molecule has 14 heteroatoms. The number of hydrogen-bond acceptors (Lipinski definition) is 9. The van der Waals surface area contributed by atoms with Crippen molar-refractivity contribution in [1.29, 1.82) is 0 Å². The molecule has 0 spiro atoms. The van der Waals surface area contributed by atoms with Crippen LogP contribution in [0.5, 0.6) is 0 Å². The zero-order chi connectivity index (χ0) is 23.3. The van der Waals surface area contributed by atoms with Crippen LogP contribution < -0.4 is 21.9 Å². The molecule has 0 saturated carbocycles. The minimum absolute atomic E-state index is 0. The molecule has 0 bridgehead atoms. The number of aromatic nitrogens is 4. The minimum Gasteiger partial charge on any atom is -0.481 e. The van der Waals surface area contributed by atoms with E-state index in [1.165, 1.54) is 18.3 Å². The first-order valence-electron chi connectivity index (χ1n) is 9.33. The number of carboxylic acid groups (broad SMARTS) is 2. The Bertz CT molecular complexity index is 1230. The van der Waals surface area contributed by atoms with Crippen LogP contribution in [-0.2, 0) is 33.5 Å². The summed E-state index contributed by atoms with van der Waals surface area (Å²) in [6.45, 7) is 0.231. The Morgan fingerprint density at radius 2 is 1.82 bits per heavy atom. The van der Waals surface area contributed by atoms with Crippen LogP contribution in [0.2, 0.25) is 0 Å². The van der Waals surface area contributed by atoms with E-state index in [-0.39, 0.29) is 59.4 Å². The molecule has 1 amide bonds. The van der Waals surface area contributed by atoms with Crippen molar-refractivity contribution in [3.05, 3.63) is 52.1 Å². The van der Waals surface area contributed by atoms with Crippen molar-refractivity contribution in [3.8, 4) is 0 Å². The fraction of sp³-hybridized carbons (Fsp3) is 0.211. The van der Waals surface area contributed by atoms with Crippen LogP contribution in [0.4, 0.5) is 11.6 Å². The minimum atomic E-state index is -1.31. The number of benzene rings is 1. The number of nitrogens with one attached hydrogen (secondary N) is 3. The molecule has 3 rings (SSSR count). The first-order chi connectivity index (χ1) is 15.2. The summed E-state index contributed by atoms with van der Waals surface area (Å²) >= 11 is 0. The fourth-order valence-electron chi connectivity index (χ4n) is 2.75. The molecule has 7 N–H and O–H groups in total. The van der Waals surface area contributed by atoms with Crippen LogP contribution in [0.1, 0.15) is 28.9 Å². The third kappa shape index (κ3) is 6.73. The van der Waals surface area contributed by atoms with Crippen molar-refractivity contribution in [2.45, 2.75) is 25.4 Å². The Morgan fingerprint density at radius 1 is 1.12 bits per heavy atom. The summed E-state index contributed by atoms with van der Waals surface area (Å²) in [5.41, 5.74) is 6.47. The number of nitrogen functional groups attached to an aromatic ring is 1. The van der Waals surface area contributed by atoms with E-state index >= 15 is 0 Å². The molecule has 0 aliphatic heterocycles. The van der Waals surface area contributed by atoms with E-state index in [2.05, 4.69) is 30.6 Å². The number of carbonyl (C=O) groups is 3. The van der Waals surface area contributed by atoms with Crippen molar-refractivity contribution in [3.63, 3.8) is 0 Å². The van der Waals surface area contributed by atoms with Gasteiger partial charge in [-0.1, -0.05) is 0 Å². The Balaban J connectivity index is 0.00000385. The van der Waals surface area contributed by atoms with Gasteiger partial charge in [-0.05, 0) is 30.7 Å². The number of nitrogens with two attached hydrogens (primary N) is 1. The standard InChI is InChI=1S/C19H19N7O6.Cr/c20-19-25-15-14(17(30)26-19)23-11(8-22-15)7-21-10-3-1-9(2-4-10)16(29)24-12(18(31)32)5-6-13(27)28;/h1-4,8,12,21H,5-7H2,(H,24,29)(H,27,28)(H,31,32)(H3,20,22,25,26,30);. The largest absolute Gasteiger partial charge is 0.481 e. The number of aromatic amines is 1. The molecule has 0 aliphatic carbocycles. The average Bonchev–Trinajstić information content (AvgIpc) is 2.75. The van der Waals surface area contributed by atoms with Crippen molar-refractivity contribution in [2.75, 3.05) is 11.1 Å². The number of anilines is 2. The van der Waals surface area contributed by atoms with Crippen LogP contribution in [0, 0.1) is 0 Å². The van der Waals surface area contributed by atoms with Crippen LogP contribution in [0.3, 0.4) is 0 Å². The number of carbonyl (C=O) groups excluding carboxylic acids is 1. The molecule has 172 valence electrons. The molecule has 0 radical (unpaired) electrons. The zero-order valence-electron chi connectivity index (χ0n) is 16.9. The van der Waals surface area contributed by atoms with Gasteiger partial charge in [0.25, 0.3) is 11.5 Å². The van der Waals surface area contributed by atoms with Crippen molar-refractivity contribution in [2.24, 2.45) is 0 Å². The summed E-state index contributed by atoms with van der Waals surface area (Å²) in [4.78, 5) is 60.6. The van der Waals surface area contributed by atoms with Crippen molar-refractivity contribution in [1.82, 2.24) is 25.3 Å². The van der Waals surface area contributed by atoms with Gasteiger partial charge >= 0.3 is 11.9 Å². The summed E-state index contributed by atoms with van der Waals surface area (Å²) in [7, 11) is 0. The SMILES string of the molecule is Nc1nc2ncc(CNc3ccc(C(=O)NC(CCC(=O)O)C(=O)O)cc3)nc2c(=O)[nH]1.[Cr]. The van der Waals surface area contributed by atoms with E-state index in [4.69, 9.17) is 15.9 Å². The van der Waals surface area contributed by atoms with Crippen LogP contribution in [-0.4, -0.2) is 54.0 Å². The summed E-state index contributed by atoms with van der Waals surface area (Å²) in [5, 5.41) is 23.2. The number of amides is 1. The molecule has 2 aromatic heterocycles. The second kappa shape index (κ2) is 11.0. The molecule has 1 aromatic carbocycles. The van der Waals surface area contributed by atoms with E-state index in [1.54, 1.807) is 12.1 Å².